The molecule has 0 aliphatic heterocycles. The number of hydrogen-bond acceptors (Lipinski definition) is 2. The Kier molecular flexibility index (Phi) is 3.14. The zero-order valence-corrected chi connectivity index (χ0v) is 11.0. The first kappa shape index (κ1) is 11.7. The van der Waals surface area contributed by atoms with Gasteiger partial charge in [-0.05, 0) is 23.1 Å². The SMILES string of the molecule is N#Cc1ccccc1-c1sccc1-c1ccccc1. The second-order valence-corrected chi connectivity index (χ2v) is 5.10. The summed E-state index contributed by atoms with van der Waals surface area (Å²) >= 11 is 1.68. The van der Waals surface area contributed by atoms with Crippen molar-refractivity contribution in [1.82, 2.24) is 0 Å². The Hall–Kier alpha value is -2.37. The molecule has 0 fully saturated rings. The fraction of sp³-hybridized carbons (Fsp3) is 0. The van der Waals surface area contributed by atoms with Gasteiger partial charge in [-0.3, -0.25) is 0 Å². The third-order valence-corrected chi connectivity index (χ3v) is 3.99. The van der Waals surface area contributed by atoms with Crippen LogP contribution in [0.5, 0.6) is 0 Å². The van der Waals surface area contributed by atoms with Crippen LogP contribution < -0.4 is 0 Å². The standard InChI is InChI=1S/C17H11NS/c18-12-14-8-4-5-9-15(14)17-16(10-11-19-17)13-6-2-1-3-7-13/h1-11H. The van der Waals surface area contributed by atoms with E-state index in [1.807, 2.05) is 42.5 Å². The maximum absolute atomic E-state index is 9.23. The average molecular weight is 261 g/mol. The van der Waals surface area contributed by atoms with Crippen molar-refractivity contribution >= 4 is 11.3 Å². The van der Waals surface area contributed by atoms with E-state index in [4.69, 9.17) is 0 Å². The topological polar surface area (TPSA) is 23.8 Å². The predicted molar refractivity (Wildman–Crippen MR) is 79.9 cm³/mol. The Morgan fingerprint density at radius 3 is 2.32 bits per heavy atom. The molecule has 1 heterocycles. The third-order valence-electron chi connectivity index (χ3n) is 3.04. The van der Waals surface area contributed by atoms with Gasteiger partial charge in [-0.1, -0.05) is 48.5 Å². The van der Waals surface area contributed by atoms with Crippen molar-refractivity contribution in [2.24, 2.45) is 0 Å². The Balaban J connectivity index is 2.19. The minimum Gasteiger partial charge on any atom is -0.192 e. The van der Waals surface area contributed by atoms with Crippen LogP contribution >= 0.6 is 11.3 Å². The van der Waals surface area contributed by atoms with Crippen LogP contribution in [0.15, 0.2) is 66.0 Å². The van der Waals surface area contributed by atoms with Crippen molar-refractivity contribution in [3.63, 3.8) is 0 Å². The number of nitrogens with zero attached hydrogens (tertiary/aromatic N) is 1. The van der Waals surface area contributed by atoms with E-state index in [1.54, 1.807) is 11.3 Å². The van der Waals surface area contributed by atoms with Gasteiger partial charge in [0.1, 0.15) is 0 Å². The molecule has 0 spiro atoms. The summed E-state index contributed by atoms with van der Waals surface area (Å²) in [5, 5.41) is 11.3. The Morgan fingerprint density at radius 1 is 0.789 bits per heavy atom. The summed E-state index contributed by atoms with van der Waals surface area (Å²) in [7, 11) is 0. The van der Waals surface area contributed by atoms with Gasteiger partial charge in [-0.15, -0.1) is 11.3 Å². The summed E-state index contributed by atoms with van der Waals surface area (Å²) in [5.41, 5.74) is 4.11. The molecular weight excluding hydrogens is 250 g/mol. The number of rotatable bonds is 2. The fourth-order valence-corrected chi connectivity index (χ4v) is 3.10. The van der Waals surface area contributed by atoms with E-state index in [0.717, 1.165) is 16.0 Å². The summed E-state index contributed by atoms with van der Waals surface area (Å²) in [6.45, 7) is 0. The van der Waals surface area contributed by atoms with Crippen molar-refractivity contribution < 1.29 is 0 Å². The first-order valence-corrected chi connectivity index (χ1v) is 6.90. The molecule has 0 amide bonds. The van der Waals surface area contributed by atoms with E-state index in [2.05, 4.69) is 29.6 Å². The number of hydrogen-bond donors (Lipinski definition) is 0. The molecule has 3 aromatic rings. The van der Waals surface area contributed by atoms with Crippen LogP contribution in [0, 0.1) is 11.3 Å². The molecule has 90 valence electrons. The lowest BCUT2D eigenvalue weighted by Crippen LogP contribution is -1.83. The lowest BCUT2D eigenvalue weighted by atomic mass is 10.00. The number of nitriles is 1. The van der Waals surface area contributed by atoms with Gasteiger partial charge in [0.15, 0.2) is 0 Å². The molecule has 0 unspecified atom stereocenters. The van der Waals surface area contributed by atoms with E-state index >= 15 is 0 Å². The highest BCUT2D eigenvalue weighted by atomic mass is 32.1. The highest BCUT2D eigenvalue weighted by Crippen LogP contribution is 2.37. The zero-order chi connectivity index (χ0) is 13.1. The van der Waals surface area contributed by atoms with Crippen LogP contribution in [0.4, 0.5) is 0 Å². The summed E-state index contributed by atoms with van der Waals surface area (Å²) in [5.74, 6) is 0. The summed E-state index contributed by atoms with van der Waals surface area (Å²) in [6.07, 6.45) is 0. The van der Waals surface area contributed by atoms with Crippen molar-refractivity contribution in [3.05, 3.63) is 71.6 Å². The minimum absolute atomic E-state index is 0.724. The molecule has 0 aliphatic carbocycles. The molecule has 19 heavy (non-hydrogen) atoms. The summed E-state index contributed by atoms with van der Waals surface area (Å²) in [4.78, 5) is 1.16. The van der Waals surface area contributed by atoms with E-state index in [-0.39, 0.29) is 0 Å². The molecule has 1 nitrogen and oxygen atoms in total. The van der Waals surface area contributed by atoms with Crippen molar-refractivity contribution in [2.75, 3.05) is 0 Å². The summed E-state index contributed by atoms with van der Waals surface area (Å²) < 4.78 is 0. The third kappa shape index (κ3) is 2.16. The lowest BCUT2D eigenvalue weighted by Gasteiger charge is -2.06. The quantitative estimate of drug-likeness (QED) is 0.640. The van der Waals surface area contributed by atoms with Gasteiger partial charge in [0.05, 0.1) is 11.6 Å². The van der Waals surface area contributed by atoms with E-state index in [9.17, 15) is 5.26 Å². The molecule has 0 saturated heterocycles. The largest absolute Gasteiger partial charge is 0.192 e. The molecule has 0 bridgehead atoms. The molecule has 0 saturated carbocycles. The van der Waals surface area contributed by atoms with Gasteiger partial charge >= 0.3 is 0 Å². The van der Waals surface area contributed by atoms with Gasteiger partial charge in [0, 0.05) is 16.0 Å². The first-order chi connectivity index (χ1) is 9.40. The van der Waals surface area contributed by atoms with Gasteiger partial charge in [-0.25, -0.2) is 0 Å². The molecule has 2 heteroatoms. The van der Waals surface area contributed by atoms with Crippen molar-refractivity contribution in [2.45, 2.75) is 0 Å². The van der Waals surface area contributed by atoms with E-state index < -0.39 is 0 Å². The normalized spacial score (nSPS) is 10.1. The number of thiophene rings is 1. The average Bonchev–Trinajstić information content (AvgIpc) is 2.97. The molecule has 0 aliphatic rings. The smallest absolute Gasteiger partial charge is 0.0998 e. The molecule has 3 rings (SSSR count). The van der Waals surface area contributed by atoms with Gasteiger partial charge in [0.2, 0.25) is 0 Å². The second-order valence-electron chi connectivity index (χ2n) is 4.19. The fourth-order valence-electron chi connectivity index (χ4n) is 2.14. The molecule has 0 atom stereocenters. The second kappa shape index (κ2) is 5.09. The van der Waals surface area contributed by atoms with Crippen LogP contribution in [0.1, 0.15) is 5.56 Å². The van der Waals surface area contributed by atoms with Gasteiger partial charge in [-0.2, -0.15) is 5.26 Å². The molecule has 0 N–H and O–H groups in total. The molecular formula is C17H11NS. The monoisotopic (exact) mass is 261 g/mol. The zero-order valence-electron chi connectivity index (χ0n) is 10.2. The van der Waals surface area contributed by atoms with E-state index in [0.29, 0.717) is 0 Å². The summed E-state index contributed by atoms with van der Waals surface area (Å²) in [6, 6.07) is 22.4. The number of benzene rings is 2. The maximum atomic E-state index is 9.23. The Labute approximate surface area is 116 Å². The van der Waals surface area contributed by atoms with Crippen molar-refractivity contribution in [3.8, 4) is 27.6 Å². The minimum atomic E-state index is 0.724. The molecule has 1 aromatic heterocycles. The predicted octanol–water partition coefficient (Wildman–Crippen LogP) is 4.95. The van der Waals surface area contributed by atoms with Gasteiger partial charge in [0.25, 0.3) is 0 Å². The first-order valence-electron chi connectivity index (χ1n) is 6.02. The van der Waals surface area contributed by atoms with Crippen LogP contribution in [-0.4, -0.2) is 0 Å². The maximum Gasteiger partial charge on any atom is 0.0998 e. The highest BCUT2D eigenvalue weighted by Gasteiger charge is 2.11. The lowest BCUT2D eigenvalue weighted by molar-refractivity contribution is 1.49. The molecule has 2 aromatic carbocycles. The van der Waals surface area contributed by atoms with Crippen molar-refractivity contribution in [1.29, 1.82) is 5.26 Å². The van der Waals surface area contributed by atoms with E-state index in [1.165, 1.54) is 11.1 Å². The van der Waals surface area contributed by atoms with Crippen LogP contribution in [-0.2, 0) is 0 Å². The van der Waals surface area contributed by atoms with Crippen LogP contribution in [0.25, 0.3) is 21.6 Å². The Bertz CT molecular complexity index is 735. The highest BCUT2D eigenvalue weighted by molar-refractivity contribution is 7.14. The molecule has 0 radical (unpaired) electrons. The Morgan fingerprint density at radius 2 is 1.53 bits per heavy atom. The van der Waals surface area contributed by atoms with Gasteiger partial charge < -0.3 is 0 Å². The van der Waals surface area contributed by atoms with Crippen LogP contribution in [0.2, 0.25) is 0 Å². The van der Waals surface area contributed by atoms with Crippen LogP contribution in [0.3, 0.4) is 0 Å².